The second-order valence-corrected chi connectivity index (χ2v) is 16.9. The zero-order valence-electron chi connectivity index (χ0n) is 33.4. The molecule has 6 rings (SSSR count). The number of halogens is 3. The van der Waals surface area contributed by atoms with Crippen LogP contribution in [0.15, 0.2) is 48.8 Å². The predicted octanol–water partition coefficient (Wildman–Crippen LogP) is 7.15. The van der Waals surface area contributed by atoms with Crippen LogP contribution >= 0.6 is 0 Å². The number of hydrogen-bond acceptors (Lipinski definition) is 8. The van der Waals surface area contributed by atoms with E-state index in [1.165, 1.54) is 18.0 Å². The molecule has 56 heavy (non-hydrogen) atoms. The molecule has 0 unspecified atom stereocenters. The summed E-state index contributed by atoms with van der Waals surface area (Å²) in [6.45, 7) is 11.7. The summed E-state index contributed by atoms with van der Waals surface area (Å²) in [5.41, 5.74) is 1.32. The topological polar surface area (TPSA) is 120 Å². The van der Waals surface area contributed by atoms with Gasteiger partial charge in [0, 0.05) is 43.5 Å². The Bertz CT molecular complexity index is 1860. The molecule has 3 fully saturated rings. The highest BCUT2D eigenvalue weighted by atomic mass is 19.4. The van der Waals surface area contributed by atoms with E-state index in [-0.39, 0.29) is 47.2 Å². The van der Waals surface area contributed by atoms with Crippen LogP contribution in [-0.4, -0.2) is 105 Å². The zero-order valence-corrected chi connectivity index (χ0v) is 33.4. The number of carbonyl (C=O) groups is 3. The van der Waals surface area contributed by atoms with Gasteiger partial charge in [-0.25, -0.2) is 14.8 Å². The van der Waals surface area contributed by atoms with Gasteiger partial charge in [0.25, 0.3) is 0 Å². The van der Waals surface area contributed by atoms with E-state index in [2.05, 4.69) is 70.7 Å². The van der Waals surface area contributed by atoms with E-state index in [1.807, 2.05) is 25.7 Å². The summed E-state index contributed by atoms with van der Waals surface area (Å²) >= 11 is 0. The first-order valence-electron chi connectivity index (χ1n) is 19.9. The average Bonchev–Trinajstić information content (AvgIpc) is 3.51. The van der Waals surface area contributed by atoms with Crippen LogP contribution in [0.4, 0.5) is 23.8 Å². The summed E-state index contributed by atoms with van der Waals surface area (Å²) in [5.74, 6) is 0.321. The molecular formula is C42H56F3N7O4. The fourth-order valence-corrected chi connectivity index (χ4v) is 8.35. The van der Waals surface area contributed by atoms with E-state index in [1.54, 1.807) is 4.90 Å². The summed E-state index contributed by atoms with van der Waals surface area (Å²) in [4.78, 5) is 54.3. The number of piperidine rings is 1. The van der Waals surface area contributed by atoms with Gasteiger partial charge in [-0.2, -0.15) is 13.2 Å². The number of hydrogen-bond donors (Lipinski definition) is 2. The molecule has 2 aromatic carbocycles. The highest BCUT2D eigenvalue weighted by molar-refractivity contribution is 5.93. The summed E-state index contributed by atoms with van der Waals surface area (Å²) in [5, 5.41) is 6.64. The Morgan fingerprint density at radius 2 is 1.68 bits per heavy atom. The van der Waals surface area contributed by atoms with Crippen LogP contribution in [0, 0.1) is 0 Å². The minimum atomic E-state index is -4.53. The van der Waals surface area contributed by atoms with E-state index >= 15 is 0 Å². The number of likely N-dealkylation sites (tertiary alicyclic amines) is 2. The first-order chi connectivity index (χ1) is 26.5. The summed E-state index contributed by atoms with van der Waals surface area (Å²) < 4.78 is 46.1. The second-order valence-electron chi connectivity index (χ2n) is 16.9. The normalized spacial score (nSPS) is 22.6. The van der Waals surface area contributed by atoms with Crippen molar-refractivity contribution in [3.63, 3.8) is 0 Å². The molecule has 1 aromatic heterocycles. The number of amides is 3. The number of aryl methyl sites for hydroxylation is 1. The fourth-order valence-electron chi connectivity index (χ4n) is 8.35. The second kappa shape index (κ2) is 17.0. The molecule has 3 aliphatic rings. The third-order valence-electron chi connectivity index (χ3n) is 11.7. The van der Waals surface area contributed by atoms with Crippen molar-refractivity contribution in [3.8, 4) is 0 Å². The van der Waals surface area contributed by atoms with Gasteiger partial charge in [-0.15, -0.1) is 0 Å². The van der Waals surface area contributed by atoms with Crippen LogP contribution in [0.25, 0.3) is 10.9 Å². The van der Waals surface area contributed by atoms with Crippen molar-refractivity contribution in [2.45, 2.75) is 134 Å². The molecule has 2 N–H and O–H groups in total. The van der Waals surface area contributed by atoms with E-state index in [0.717, 1.165) is 37.0 Å². The van der Waals surface area contributed by atoms with Crippen molar-refractivity contribution in [3.05, 3.63) is 65.5 Å². The number of fused-ring (bicyclic) bond motifs is 1. The number of anilines is 1. The Balaban J connectivity index is 1.07. The van der Waals surface area contributed by atoms with E-state index in [9.17, 15) is 27.6 Å². The van der Waals surface area contributed by atoms with Crippen LogP contribution < -0.4 is 10.6 Å². The molecule has 2 saturated heterocycles. The van der Waals surface area contributed by atoms with Crippen LogP contribution in [-0.2, 0) is 26.9 Å². The van der Waals surface area contributed by atoms with Gasteiger partial charge < -0.3 is 30.1 Å². The molecule has 4 atom stereocenters. The molecule has 0 bridgehead atoms. The van der Waals surface area contributed by atoms with Gasteiger partial charge in [0.05, 0.1) is 23.2 Å². The number of rotatable bonds is 10. The Morgan fingerprint density at radius 1 is 0.964 bits per heavy atom. The Kier molecular flexibility index (Phi) is 12.5. The molecule has 1 saturated carbocycles. The maximum atomic E-state index is 14.0. The average molecular weight is 780 g/mol. The lowest BCUT2D eigenvalue weighted by Crippen LogP contribution is -2.58. The largest absolute Gasteiger partial charge is 0.444 e. The molecular weight excluding hydrogens is 724 g/mol. The number of ether oxygens (including phenoxy) is 1. The number of alkyl halides is 3. The highest BCUT2D eigenvalue weighted by Gasteiger charge is 2.43. The van der Waals surface area contributed by atoms with Gasteiger partial charge in [0.1, 0.15) is 23.8 Å². The first kappa shape index (κ1) is 41.2. The molecule has 3 heterocycles. The van der Waals surface area contributed by atoms with Crippen molar-refractivity contribution in [1.29, 1.82) is 0 Å². The van der Waals surface area contributed by atoms with Crippen molar-refractivity contribution in [2.24, 2.45) is 0 Å². The maximum absolute atomic E-state index is 14.0. The van der Waals surface area contributed by atoms with Gasteiger partial charge in [-0.3, -0.25) is 9.59 Å². The monoisotopic (exact) mass is 779 g/mol. The van der Waals surface area contributed by atoms with Gasteiger partial charge >= 0.3 is 12.3 Å². The Labute approximate surface area is 327 Å². The summed E-state index contributed by atoms with van der Waals surface area (Å²) in [6, 6.07) is 11.2. The number of nitrogens with one attached hydrogen (secondary N) is 2. The Hall–Kier alpha value is -4.46. The fraction of sp³-hybridized carbons (Fsp3) is 0.595. The van der Waals surface area contributed by atoms with Crippen molar-refractivity contribution >= 4 is 34.6 Å². The number of nitrogens with zero attached hydrogens (tertiary/aromatic N) is 5. The molecule has 304 valence electrons. The van der Waals surface area contributed by atoms with Gasteiger partial charge in [0.2, 0.25) is 11.8 Å². The van der Waals surface area contributed by atoms with E-state index in [0.29, 0.717) is 69.2 Å². The molecule has 11 nitrogen and oxygen atoms in total. The maximum Gasteiger partial charge on any atom is 0.416 e. The minimum Gasteiger partial charge on any atom is -0.444 e. The molecule has 2 aliphatic heterocycles. The third kappa shape index (κ3) is 9.91. The van der Waals surface area contributed by atoms with Crippen molar-refractivity contribution in [2.75, 3.05) is 32.0 Å². The summed E-state index contributed by atoms with van der Waals surface area (Å²) in [7, 11) is 2.10. The van der Waals surface area contributed by atoms with Crippen molar-refractivity contribution in [1.82, 2.24) is 30.0 Å². The molecule has 1 aliphatic carbocycles. The SMILES string of the molecule is CC(C)N(C)[C@@H]1CC[C@H](N2CC[C@H](Nc3ncnc4ccc(C(F)(F)F)cc34)C2=O)[C@H](NC(=O)CCc2ccc(C3CCN(C(=O)OC(C)(C)C)CC3)cc2)C1. The van der Waals surface area contributed by atoms with Gasteiger partial charge in [-0.05, 0) is 122 Å². The predicted molar refractivity (Wildman–Crippen MR) is 209 cm³/mol. The van der Waals surface area contributed by atoms with Crippen LogP contribution in [0.1, 0.15) is 102 Å². The molecule has 14 heteroatoms. The molecule has 3 aromatic rings. The van der Waals surface area contributed by atoms with Crippen molar-refractivity contribution < 1.29 is 32.3 Å². The summed E-state index contributed by atoms with van der Waals surface area (Å²) in [6.07, 6.45) is 1.85. The van der Waals surface area contributed by atoms with E-state index in [4.69, 9.17) is 4.74 Å². The van der Waals surface area contributed by atoms with Gasteiger partial charge in [-0.1, -0.05) is 24.3 Å². The Morgan fingerprint density at radius 3 is 2.34 bits per heavy atom. The highest BCUT2D eigenvalue weighted by Crippen LogP contribution is 2.35. The van der Waals surface area contributed by atoms with Crippen LogP contribution in [0.5, 0.6) is 0 Å². The molecule has 3 amide bonds. The lowest BCUT2D eigenvalue weighted by atomic mass is 9.84. The van der Waals surface area contributed by atoms with Crippen LogP contribution in [0.2, 0.25) is 0 Å². The quantitative estimate of drug-likeness (QED) is 0.223. The number of carbonyl (C=O) groups excluding carboxylic acids is 3. The third-order valence-corrected chi connectivity index (χ3v) is 11.7. The van der Waals surface area contributed by atoms with E-state index < -0.39 is 23.4 Å². The minimum absolute atomic E-state index is 0.0688. The van der Waals surface area contributed by atoms with Gasteiger partial charge in [0.15, 0.2) is 0 Å². The number of aromatic nitrogens is 2. The lowest BCUT2D eigenvalue weighted by Gasteiger charge is -2.44. The standard InChI is InChI=1S/C42H56F3N7O4/c1-26(2)50(6)31-13-15-36(52-22-19-34(39(52)54)49-38-32-23-30(42(43,44)45)12-14-33(32)46-25-47-38)35(24-31)48-37(53)16-9-27-7-10-28(11-8-27)29-17-20-51(21-18-29)40(55)56-41(3,4)5/h7-8,10-12,14,23,25-26,29,31,34-36H,9,13,15-22,24H2,1-6H3,(H,48,53)(H,46,47,49)/t31-,34+,35-,36+/m1/s1. The smallest absolute Gasteiger partial charge is 0.416 e. The first-order valence-corrected chi connectivity index (χ1v) is 19.9. The molecule has 0 radical (unpaired) electrons. The number of benzene rings is 2. The molecule has 0 spiro atoms. The zero-order chi connectivity index (χ0) is 40.4. The lowest BCUT2D eigenvalue weighted by molar-refractivity contribution is -0.137. The van der Waals surface area contributed by atoms with Crippen LogP contribution in [0.3, 0.4) is 0 Å².